The van der Waals surface area contributed by atoms with Crippen LogP contribution in [0.2, 0.25) is 0 Å². The third-order valence-corrected chi connectivity index (χ3v) is 3.19. The number of carboxylic acid groups (broad SMARTS) is 1. The number of aliphatic carboxylic acids is 1. The fraction of sp³-hybridized carbons (Fsp3) is 0.562. The zero-order valence-corrected chi connectivity index (χ0v) is 12.6. The van der Waals surface area contributed by atoms with Crippen LogP contribution >= 0.6 is 0 Å². The smallest absolute Gasteiger partial charge is 0.304 e. The van der Waals surface area contributed by atoms with Gasteiger partial charge in [0.05, 0.1) is 13.0 Å². The Morgan fingerprint density at radius 1 is 1.35 bits per heavy atom. The van der Waals surface area contributed by atoms with Gasteiger partial charge in [-0.2, -0.15) is 0 Å². The summed E-state index contributed by atoms with van der Waals surface area (Å²) in [4.78, 5) is 12.8. The average Bonchev–Trinajstić information content (AvgIpc) is 2.37. The van der Waals surface area contributed by atoms with E-state index in [1.807, 2.05) is 31.2 Å². The SMILES string of the molecule is Cc1cccc(OCCCN(CCC(=O)O)C(C)C)c1. The molecule has 0 heterocycles. The van der Waals surface area contributed by atoms with Crippen molar-refractivity contribution in [3.05, 3.63) is 29.8 Å². The van der Waals surface area contributed by atoms with Crippen molar-refractivity contribution in [3.8, 4) is 5.75 Å². The number of benzene rings is 1. The summed E-state index contributed by atoms with van der Waals surface area (Å²) in [5.74, 6) is 0.151. The molecule has 1 aromatic rings. The molecule has 1 N–H and O–H groups in total. The third-order valence-electron chi connectivity index (χ3n) is 3.19. The Balaban J connectivity index is 2.28. The molecule has 0 aromatic heterocycles. The molecule has 0 aliphatic rings. The summed E-state index contributed by atoms with van der Waals surface area (Å²) >= 11 is 0. The van der Waals surface area contributed by atoms with Crippen LogP contribution < -0.4 is 4.74 Å². The molecule has 0 fully saturated rings. The van der Waals surface area contributed by atoms with Crippen LogP contribution in [-0.2, 0) is 4.79 Å². The molecular formula is C16H25NO3. The Morgan fingerprint density at radius 2 is 2.10 bits per heavy atom. The van der Waals surface area contributed by atoms with Crippen molar-refractivity contribution < 1.29 is 14.6 Å². The minimum Gasteiger partial charge on any atom is -0.494 e. The van der Waals surface area contributed by atoms with E-state index in [-0.39, 0.29) is 6.42 Å². The molecule has 0 bridgehead atoms. The summed E-state index contributed by atoms with van der Waals surface area (Å²) < 4.78 is 5.70. The minimum atomic E-state index is -0.744. The molecule has 4 nitrogen and oxygen atoms in total. The van der Waals surface area contributed by atoms with Crippen LogP contribution in [0.4, 0.5) is 0 Å². The molecule has 0 saturated heterocycles. The molecule has 4 heteroatoms. The van der Waals surface area contributed by atoms with Gasteiger partial charge >= 0.3 is 5.97 Å². The highest BCUT2D eigenvalue weighted by atomic mass is 16.5. The van der Waals surface area contributed by atoms with Crippen molar-refractivity contribution in [2.45, 2.75) is 39.7 Å². The van der Waals surface area contributed by atoms with Crippen LogP contribution in [0.1, 0.15) is 32.3 Å². The van der Waals surface area contributed by atoms with Gasteiger partial charge in [0, 0.05) is 19.1 Å². The maximum atomic E-state index is 10.6. The van der Waals surface area contributed by atoms with Crippen molar-refractivity contribution in [3.63, 3.8) is 0 Å². The summed E-state index contributed by atoms with van der Waals surface area (Å²) in [5.41, 5.74) is 1.19. The highest BCUT2D eigenvalue weighted by Gasteiger charge is 2.10. The van der Waals surface area contributed by atoms with Crippen molar-refractivity contribution in [1.82, 2.24) is 4.90 Å². The number of aryl methyl sites for hydroxylation is 1. The fourth-order valence-electron chi connectivity index (χ4n) is 2.03. The minimum absolute atomic E-state index is 0.191. The van der Waals surface area contributed by atoms with Gasteiger partial charge in [-0.1, -0.05) is 12.1 Å². The summed E-state index contributed by atoms with van der Waals surface area (Å²) in [5, 5.41) is 8.74. The zero-order valence-electron chi connectivity index (χ0n) is 12.6. The van der Waals surface area contributed by atoms with E-state index in [1.54, 1.807) is 0 Å². The zero-order chi connectivity index (χ0) is 15.0. The first kappa shape index (κ1) is 16.5. The van der Waals surface area contributed by atoms with Crippen molar-refractivity contribution in [2.24, 2.45) is 0 Å². The van der Waals surface area contributed by atoms with E-state index in [2.05, 4.69) is 18.7 Å². The average molecular weight is 279 g/mol. The Morgan fingerprint density at radius 3 is 2.70 bits per heavy atom. The maximum Gasteiger partial charge on any atom is 0.304 e. The molecule has 0 saturated carbocycles. The van der Waals surface area contributed by atoms with Gasteiger partial charge in [0.25, 0.3) is 0 Å². The van der Waals surface area contributed by atoms with Gasteiger partial charge in [-0.05, 0) is 44.9 Å². The molecule has 0 aliphatic carbocycles. The van der Waals surface area contributed by atoms with E-state index in [9.17, 15) is 4.79 Å². The number of hydrogen-bond donors (Lipinski definition) is 1. The molecule has 20 heavy (non-hydrogen) atoms. The lowest BCUT2D eigenvalue weighted by atomic mass is 10.2. The van der Waals surface area contributed by atoms with Crippen LogP contribution in [0.25, 0.3) is 0 Å². The molecule has 0 unspecified atom stereocenters. The van der Waals surface area contributed by atoms with E-state index in [0.717, 1.165) is 18.7 Å². The number of hydrogen-bond acceptors (Lipinski definition) is 3. The van der Waals surface area contributed by atoms with Crippen LogP contribution in [0.15, 0.2) is 24.3 Å². The molecule has 0 amide bonds. The van der Waals surface area contributed by atoms with Gasteiger partial charge in [0.15, 0.2) is 0 Å². The standard InChI is InChI=1S/C16H25NO3/c1-13(2)17(10-8-16(18)19)9-5-11-20-15-7-4-6-14(3)12-15/h4,6-7,12-13H,5,8-11H2,1-3H3,(H,18,19). The molecule has 1 rings (SSSR count). The molecule has 0 radical (unpaired) electrons. The monoisotopic (exact) mass is 279 g/mol. The molecular weight excluding hydrogens is 254 g/mol. The van der Waals surface area contributed by atoms with E-state index >= 15 is 0 Å². The lowest BCUT2D eigenvalue weighted by Gasteiger charge is -2.25. The largest absolute Gasteiger partial charge is 0.494 e. The van der Waals surface area contributed by atoms with Gasteiger partial charge < -0.3 is 14.7 Å². The van der Waals surface area contributed by atoms with Gasteiger partial charge in [-0.25, -0.2) is 0 Å². The summed E-state index contributed by atoms with van der Waals surface area (Å²) in [6, 6.07) is 8.35. The molecule has 0 aliphatic heterocycles. The second-order valence-corrected chi connectivity index (χ2v) is 5.29. The van der Waals surface area contributed by atoms with Crippen molar-refractivity contribution in [2.75, 3.05) is 19.7 Å². The number of rotatable bonds is 9. The highest BCUT2D eigenvalue weighted by molar-refractivity contribution is 5.66. The van der Waals surface area contributed by atoms with Gasteiger partial charge in [-0.15, -0.1) is 0 Å². The summed E-state index contributed by atoms with van der Waals surface area (Å²) in [6.45, 7) is 8.32. The first-order valence-electron chi connectivity index (χ1n) is 7.14. The molecule has 112 valence electrons. The van der Waals surface area contributed by atoms with E-state index < -0.39 is 5.97 Å². The summed E-state index contributed by atoms with van der Waals surface area (Å²) in [6.07, 6.45) is 1.09. The van der Waals surface area contributed by atoms with Gasteiger partial charge in [-0.3, -0.25) is 4.79 Å². The first-order chi connectivity index (χ1) is 9.49. The normalized spacial score (nSPS) is 11.1. The maximum absolute atomic E-state index is 10.6. The van der Waals surface area contributed by atoms with Crippen LogP contribution in [-0.4, -0.2) is 41.7 Å². The highest BCUT2D eigenvalue weighted by Crippen LogP contribution is 2.12. The quantitative estimate of drug-likeness (QED) is 0.706. The topological polar surface area (TPSA) is 49.8 Å². The molecule has 0 spiro atoms. The van der Waals surface area contributed by atoms with Crippen LogP contribution in [0.5, 0.6) is 5.75 Å². The lowest BCUT2D eigenvalue weighted by molar-refractivity contribution is -0.137. The van der Waals surface area contributed by atoms with Gasteiger partial charge in [0.1, 0.15) is 5.75 Å². The van der Waals surface area contributed by atoms with Crippen LogP contribution in [0, 0.1) is 6.92 Å². The summed E-state index contributed by atoms with van der Waals surface area (Å²) in [7, 11) is 0. The van der Waals surface area contributed by atoms with E-state index in [0.29, 0.717) is 19.2 Å². The number of ether oxygens (including phenoxy) is 1. The Kier molecular flexibility index (Phi) is 7.09. The van der Waals surface area contributed by atoms with E-state index in [4.69, 9.17) is 9.84 Å². The van der Waals surface area contributed by atoms with Gasteiger partial charge in [0.2, 0.25) is 0 Å². The van der Waals surface area contributed by atoms with E-state index in [1.165, 1.54) is 5.56 Å². The second kappa shape index (κ2) is 8.59. The van der Waals surface area contributed by atoms with Crippen LogP contribution in [0.3, 0.4) is 0 Å². The second-order valence-electron chi connectivity index (χ2n) is 5.29. The van der Waals surface area contributed by atoms with Crippen molar-refractivity contribution in [1.29, 1.82) is 0 Å². The van der Waals surface area contributed by atoms with Crippen molar-refractivity contribution >= 4 is 5.97 Å². The number of carboxylic acids is 1. The first-order valence-corrected chi connectivity index (χ1v) is 7.14. The Bertz CT molecular complexity index is 418. The fourth-order valence-corrected chi connectivity index (χ4v) is 2.03. The Labute approximate surface area is 121 Å². The number of nitrogens with zero attached hydrogens (tertiary/aromatic N) is 1. The molecule has 0 atom stereocenters. The number of carbonyl (C=O) groups is 1. The Hall–Kier alpha value is -1.55. The predicted molar refractivity (Wildman–Crippen MR) is 80.3 cm³/mol. The third kappa shape index (κ3) is 6.57. The predicted octanol–water partition coefficient (Wildman–Crippen LogP) is 2.95. The molecule has 1 aromatic carbocycles. The lowest BCUT2D eigenvalue weighted by Crippen LogP contribution is -2.34.